The molecule has 4 nitrogen and oxygen atoms in total. The van der Waals surface area contributed by atoms with Crippen LogP contribution in [-0.2, 0) is 0 Å². The Kier molecular flexibility index (Phi) is 6.45. The number of nitrogens with two attached hydrogens (primary N) is 1. The summed E-state index contributed by atoms with van der Waals surface area (Å²) < 4.78 is 0. The molecule has 2 atom stereocenters. The fourth-order valence-electron chi connectivity index (χ4n) is 3.03. The monoisotopic (exact) mass is 297 g/mol. The highest BCUT2D eigenvalue weighted by atomic mass is 32.1. The Hall–Kier alpha value is -0.460. The third kappa shape index (κ3) is 4.02. The lowest BCUT2D eigenvalue weighted by atomic mass is 9.98. The van der Waals surface area contributed by atoms with Gasteiger partial charge in [0.25, 0.3) is 0 Å². The molecule has 2 heterocycles. The first kappa shape index (κ1) is 15.9. The van der Waals surface area contributed by atoms with Gasteiger partial charge >= 0.3 is 0 Å². The van der Waals surface area contributed by atoms with Gasteiger partial charge in [0.05, 0.1) is 12.6 Å². The van der Waals surface area contributed by atoms with Crippen molar-refractivity contribution in [1.82, 2.24) is 9.80 Å². The SMILES string of the molecule is CCC(N)C(c1ccsc1)N1CCCN(CCO)CC1. The summed E-state index contributed by atoms with van der Waals surface area (Å²) in [4.78, 5) is 4.88. The summed E-state index contributed by atoms with van der Waals surface area (Å²) in [6.07, 6.45) is 2.15. The van der Waals surface area contributed by atoms with Crippen LogP contribution in [0.25, 0.3) is 0 Å². The molecule has 3 N–H and O–H groups in total. The van der Waals surface area contributed by atoms with Gasteiger partial charge in [-0.1, -0.05) is 6.92 Å². The zero-order valence-corrected chi connectivity index (χ0v) is 13.2. The second-order valence-corrected chi connectivity index (χ2v) is 6.31. The van der Waals surface area contributed by atoms with Crippen LogP contribution in [0.15, 0.2) is 16.8 Å². The van der Waals surface area contributed by atoms with Crippen molar-refractivity contribution in [1.29, 1.82) is 0 Å². The van der Waals surface area contributed by atoms with Crippen molar-refractivity contribution in [2.24, 2.45) is 5.73 Å². The number of thiophene rings is 1. The highest BCUT2D eigenvalue weighted by Crippen LogP contribution is 2.27. The molecule has 1 aromatic rings. The van der Waals surface area contributed by atoms with Gasteiger partial charge in [-0.3, -0.25) is 9.80 Å². The summed E-state index contributed by atoms with van der Waals surface area (Å²) in [7, 11) is 0. The zero-order valence-electron chi connectivity index (χ0n) is 12.4. The number of rotatable bonds is 6. The number of aliphatic hydroxyl groups is 1. The number of hydrogen-bond donors (Lipinski definition) is 2. The molecule has 0 radical (unpaired) electrons. The van der Waals surface area contributed by atoms with E-state index in [9.17, 15) is 0 Å². The minimum absolute atomic E-state index is 0.189. The molecule has 1 aliphatic rings. The molecule has 0 saturated carbocycles. The topological polar surface area (TPSA) is 52.7 Å². The van der Waals surface area contributed by atoms with Crippen molar-refractivity contribution in [2.75, 3.05) is 39.3 Å². The van der Waals surface area contributed by atoms with E-state index in [0.717, 1.165) is 45.6 Å². The molecule has 5 heteroatoms. The maximum atomic E-state index is 9.09. The molecule has 20 heavy (non-hydrogen) atoms. The fourth-order valence-corrected chi connectivity index (χ4v) is 3.72. The van der Waals surface area contributed by atoms with Crippen LogP contribution in [0.3, 0.4) is 0 Å². The summed E-state index contributed by atoms with van der Waals surface area (Å²) in [6, 6.07) is 2.73. The summed E-state index contributed by atoms with van der Waals surface area (Å²) in [5, 5.41) is 13.5. The lowest BCUT2D eigenvalue weighted by Crippen LogP contribution is -2.42. The normalized spacial score (nSPS) is 21.6. The van der Waals surface area contributed by atoms with E-state index in [-0.39, 0.29) is 12.6 Å². The third-order valence-corrected chi connectivity index (χ3v) is 4.90. The van der Waals surface area contributed by atoms with E-state index in [4.69, 9.17) is 10.8 Å². The molecule has 114 valence electrons. The quantitative estimate of drug-likeness (QED) is 0.836. The summed E-state index contributed by atoms with van der Waals surface area (Å²) in [5.41, 5.74) is 7.75. The molecule has 1 aromatic heterocycles. The molecule has 0 bridgehead atoms. The molecule has 0 spiro atoms. The Balaban J connectivity index is 2.05. The third-order valence-electron chi connectivity index (χ3n) is 4.19. The first-order valence-electron chi connectivity index (χ1n) is 7.61. The van der Waals surface area contributed by atoms with Gasteiger partial charge in [-0.2, -0.15) is 11.3 Å². The van der Waals surface area contributed by atoms with E-state index in [1.165, 1.54) is 5.56 Å². The number of hydrogen-bond acceptors (Lipinski definition) is 5. The molecule has 2 rings (SSSR count). The van der Waals surface area contributed by atoms with Crippen molar-refractivity contribution in [2.45, 2.75) is 31.8 Å². The zero-order chi connectivity index (χ0) is 14.4. The van der Waals surface area contributed by atoms with E-state index < -0.39 is 0 Å². The van der Waals surface area contributed by atoms with Gasteiger partial charge in [-0.15, -0.1) is 0 Å². The van der Waals surface area contributed by atoms with Crippen molar-refractivity contribution < 1.29 is 5.11 Å². The fraction of sp³-hybridized carbons (Fsp3) is 0.733. The van der Waals surface area contributed by atoms with Gasteiger partial charge < -0.3 is 10.8 Å². The van der Waals surface area contributed by atoms with Crippen LogP contribution in [0.4, 0.5) is 0 Å². The van der Waals surface area contributed by atoms with Gasteiger partial charge in [-0.25, -0.2) is 0 Å². The number of nitrogens with zero attached hydrogens (tertiary/aromatic N) is 2. The van der Waals surface area contributed by atoms with Crippen LogP contribution >= 0.6 is 11.3 Å². The average molecular weight is 297 g/mol. The highest BCUT2D eigenvalue weighted by Gasteiger charge is 2.27. The first-order chi connectivity index (χ1) is 9.76. The van der Waals surface area contributed by atoms with Crippen molar-refractivity contribution in [3.05, 3.63) is 22.4 Å². The predicted molar refractivity (Wildman–Crippen MR) is 85.0 cm³/mol. The van der Waals surface area contributed by atoms with Crippen molar-refractivity contribution >= 4 is 11.3 Å². The minimum Gasteiger partial charge on any atom is -0.395 e. The first-order valence-corrected chi connectivity index (χ1v) is 8.55. The number of aliphatic hydroxyl groups excluding tert-OH is 1. The minimum atomic E-state index is 0.189. The predicted octanol–water partition coefficient (Wildman–Crippen LogP) is 1.53. The van der Waals surface area contributed by atoms with Crippen LogP contribution in [0, 0.1) is 0 Å². The Bertz CT molecular complexity index is 371. The van der Waals surface area contributed by atoms with Gasteiger partial charge in [0.1, 0.15) is 0 Å². The highest BCUT2D eigenvalue weighted by molar-refractivity contribution is 7.07. The van der Waals surface area contributed by atoms with Crippen molar-refractivity contribution in [3.8, 4) is 0 Å². The second-order valence-electron chi connectivity index (χ2n) is 5.53. The van der Waals surface area contributed by atoms with Crippen LogP contribution in [0.2, 0.25) is 0 Å². The van der Waals surface area contributed by atoms with E-state index in [2.05, 4.69) is 33.6 Å². The lowest BCUT2D eigenvalue weighted by molar-refractivity contribution is 0.164. The molecule has 2 unspecified atom stereocenters. The molecular formula is C15H27N3OS. The van der Waals surface area contributed by atoms with Crippen LogP contribution < -0.4 is 5.73 Å². The van der Waals surface area contributed by atoms with Gasteiger partial charge in [0.15, 0.2) is 0 Å². The van der Waals surface area contributed by atoms with Gasteiger partial charge in [0, 0.05) is 32.2 Å². The van der Waals surface area contributed by atoms with Crippen LogP contribution in [0.1, 0.15) is 31.4 Å². The lowest BCUT2D eigenvalue weighted by Gasteiger charge is -2.34. The largest absolute Gasteiger partial charge is 0.395 e. The Morgan fingerprint density at radius 1 is 1.35 bits per heavy atom. The molecule has 1 saturated heterocycles. The molecule has 0 amide bonds. The van der Waals surface area contributed by atoms with E-state index in [1.54, 1.807) is 11.3 Å². The van der Waals surface area contributed by atoms with Gasteiger partial charge in [-0.05, 0) is 41.8 Å². The van der Waals surface area contributed by atoms with Crippen LogP contribution in [0.5, 0.6) is 0 Å². The summed E-state index contributed by atoms with van der Waals surface area (Å²) in [6.45, 7) is 7.44. The van der Waals surface area contributed by atoms with Gasteiger partial charge in [0.2, 0.25) is 0 Å². The summed E-state index contributed by atoms with van der Waals surface area (Å²) >= 11 is 1.75. The van der Waals surface area contributed by atoms with E-state index in [1.807, 2.05) is 0 Å². The van der Waals surface area contributed by atoms with E-state index >= 15 is 0 Å². The molecule has 1 aliphatic heterocycles. The number of β-amino-alcohol motifs (C(OH)–C–C–N with tert-alkyl or cyclic N) is 1. The second kappa shape index (κ2) is 8.10. The molecule has 0 aliphatic carbocycles. The summed E-state index contributed by atoms with van der Waals surface area (Å²) in [5.74, 6) is 0. The molecular weight excluding hydrogens is 270 g/mol. The molecule has 1 fully saturated rings. The van der Waals surface area contributed by atoms with Crippen LogP contribution in [-0.4, -0.2) is 60.3 Å². The average Bonchev–Trinajstić information content (AvgIpc) is 2.88. The Morgan fingerprint density at radius 2 is 2.20 bits per heavy atom. The Labute approximate surface area is 126 Å². The maximum Gasteiger partial charge on any atom is 0.0558 e. The standard InChI is InChI=1S/C15H27N3OS/c1-2-14(16)15(13-4-11-20-12-13)18-6-3-5-17(7-8-18)9-10-19/h4,11-12,14-15,19H,2-3,5-10,16H2,1H3. The van der Waals surface area contributed by atoms with E-state index in [0.29, 0.717) is 6.04 Å². The maximum absolute atomic E-state index is 9.09. The molecule has 0 aromatic carbocycles. The Morgan fingerprint density at radius 3 is 2.85 bits per heavy atom. The smallest absolute Gasteiger partial charge is 0.0558 e. The van der Waals surface area contributed by atoms with Crippen molar-refractivity contribution in [3.63, 3.8) is 0 Å².